The molecular formula is C35H22N2O2S. The van der Waals surface area contributed by atoms with Gasteiger partial charge in [0.15, 0.2) is 0 Å². The maximum atomic E-state index is 14.0. The van der Waals surface area contributed by atoms with Crippen LogP contribution in [0.15, 0.2) is 143 Å². The highest BCUT2D eigenvalue weighted by Gasteiger charge is 2.33. The molecular weight excluding hydrogens is 512 g/mol. The van der Waals surface area contributed by atoms with Gasteiger partial charge in [0, 0.05) is 5.56 Å². The van der Waals surface area contributed by atoms with Crippen LogP contribution in [-0.2, 0) is 9.84 Å². The SMILES string of the molecule is O=S1(=O)c2cc(-c3ccc4cc(-c5ccccc5)ccc4c3)ccc2-n2c(-c3ccccc3)nc3cccc1c32. The van der Waals surface area contributed by atoms with Gasteiger partial charge in [-0.05, 0) is 69.4 Å². The minimum absolute atomic E-state index is 0.288. The summed E-state index contributed by atoms with van der Waals surface area (Å²) in [5.41, 5.74) is 7.02. The number of hydrogen-bond donors (Lipinski definition) is 0. The molecule has 190 valence electrons. The Morgan fingerprint density at radius 1 is 0.500 bits per heavy atom. The molecule has 5 heteroatoms. The molecule has 0 saturated carbocycles. The highest BCUT2D eigenvalue weighted by atomic mass is 32.2. The number of hydrogen-bond acceptors (Lipinski definition) is 3. The fraction of sp³-hybridized carbons (Fsp3) is 0. The molecule has 7 aromatic rings. The summed E-state index contributed by atoms with van der Waals surface area (Å²) in [6, 6.07) is 44.0. The molecule has 2 heterocycles. The Morgan fingerprint density at radius 3 is 1.80 bits per heavy atom. The number of aromatic nitrogens is 2. The topological polar surface area (TPSA) is 52.0 Å². The van der Waals surface area contributed by atoms with E-state index in [0.29, 0.717) is 21.6 Å². The Balaban J connectivity index is 1.29. The fourth-order valence-corrected chi connectivity index (χ4v) is 7.44. The Hall–Kier alpha value is -5.00. The van der Waals surface area contributed by atoms with Crippen LogP contribution in [-0.4, -0.2) is 18.0 Å². The van der Waals surface area contributed by atoms with Crippen molar-refractivity contribution in [2.24, 2.45) is 0 Å². The van der Waals surface area contributed by atoms with E-state index in [1.165, 1.54) is 11.1 Å². The lowest BCUT2D eigenvalue weighted by Gasteiger charge is -2.22. The summed E-state index contributed by atoms with van der Waals surface area (Å²) in [5.74, 6) is 0.729. The largest absolute Gasteiger partial charge is 0.290 e. The normalized spacial score (nSPS) is 13.4. The zero-order valence-electron chi connectivity index (χ0n) is 21.3. The first-order chi connectivity index (χ1) is 19.6. The second-order valence-electron chi connectivity index (χ2n) is 10.1. The Morgan fingerprint density at radius 2 is 1.10 bits per heavy atom. The number of para-hydroxylation sites is 1. The van der Waals surface area contributed by atoms with Gasteiger partial charge < -0.3 is 0 Å². The molecule has 0 spiro atoms. The van der Waals surface area contributed by atoms with Crippen molar-refractivity contribution in [1.82, 2.24) is 9.55 Å². The zero-order valence-corrected chi connectivity index (χ0v) is 22.1. The maximum absolute atomic E-state index is 14.0. The predicted molar refractivity (Wildman–Crippen MR) is 160 cm³/mol. The Labute approximate surface area is 231 Å². The molecule has 0 N–H and O–H groups in total. The van der Waals surface area contributed by atoms with Crippen molar-refractivity contribution in [1.29, 1.82) is 0 Å². The average molecular weight is 535 g/mol. The van der Waals surface area contributed by atoms with E-state index in [1.807, 2.05) is 71.3 Å². The summed E-state index contributed by atoms with van der Waals surface area (Å²) in [6.45, 7) is 0. The minimum atomic E-state index is -3.75. The first-order valence-electron chi connectivity index (χ1n) is 13.1. The molecule has 0 unspecified atom stereocenters. The van der Waals surface area contributed by atoms with Crippen molar-refractivity contribution in [2.45, 2.75) is 9.79 Å². The van der Waals surface area contributed by atoms with Crippen LogP contribution in [0.4, 0.5) is 0 Å². The maximum Gasteiger partial charge on any atom is 0.210 e. The average Bonchev–Trinajstić information content (AvgIpc) is 3.40. The van der Waals surface area contributed by atoms with Crippen LogP contribution in [0.25, 0.3) is 61.1 Å². The summed E-state index contributed by atoms with van der Waals surface area (Å²) in [5, 5.41) is 2.24. The van der Waals surface area contributed by atoms with Gasteiger partial charge in [0.2, 0.25) is 9.84 Å². The molecule has 8 rings (SSSR count). The Bertz CT molecular complexity index is 2220. The molecule has 0 atom stereocenters. The highest BCUT2D eigenvalue weighted by molar-refractivity contribution is 7.92. The van der Waals surface area contributed by atoms with E-state index < -0.39 is 9.84 Å². The van der Waals surface area contributed by atoms with Gasteiger partial charge in [-0.1, -0.05) is 97.1 Å². The molecule has 0 saturated heterocycles. The van der Waals surface area contributed by atoms with Crippen molar-refractivity contribution in [3.63, 3.8) is 0 Å². The van der Waals surface area contributed by atoms with Crippen LogP contribution in [0.5, 0.6) is 0 Å². The van der Waals surface area contributed by atoms with E-state index in [0.717, 1.165) is 33.3 Å². The summed E-state index contributed by atoms with van der Waals surface area (Å²) in [6.07, 6.45) is 0. The third kappa shape index (κ3) is 3.38. The summed E-state index contributed by atoms with van der Waals surface area (Å²) < 4.78 is 29.9. The lowest BCUT2D eigenvalue weighted by atomic mass is 9.97. The monoisotopic (exact) mass is 534 g/mol. The van der Waals surface area contributed by atoms with Crippen LogP contribution in [0.2, 0.25) is 0 Å². The lowest BCUT2D eigenvalue weighted by molar-refractivity contribution is 0.594. The second kappa shape index (κ2) is 8.50. The summed E-state index contributed by atoms with van der Waals surface area (Å²) in [7, 11) is -3.75. The van der Waals surface area contributed by atoms with Gasteiger partial charge in [0.25, 0.3) is 0 Å². The summed E-state index contributed by atoms with van der Waals surface area (Å²) >= 11 is 0. The second-order valence-corrected chi connectivity index (χ2v) is 12.0. The minimum Gasteiger partial charge on any atom is -0.290 e. The first kappa shape index (κ1) is 22.9. The van der Waals surface area contributed by atoms with Gasteiger partial charge in [-0.25, -0.2) is 13.4 Å². The molecule has 1 aliphatic rings. The molecule has 0 radical (unpaired) electrons. The van der Waals surface area contributed by atoms with Gasteiger partial charge in [-0.3, -0.25) is 4.57 Å². The lowest BCUT2D eigenvalue weighted by Crippen LogP contribution is -2.15. The Kier molecular flexibility index (Phi) is 4.87. The molecule has 0 bridgehead atoms. The summed E-state index contributed by atoms with van der Waals surface area (Å²) in [4.78, 5) is 5.44. The molecule has 40 heavy (non-hydrogen) atoms. The van der Waals surface area contributed by atoms with E-state index >= 15 is 0 Å². The number of benzene rings is 6. The van der Waals surface area contributed by atoms with E-state index in [4.69, 9.17) is 4.98 Å². The molecule has 1 aliphatic heterocycles. The molecule has 6 aromatic carbocycles. The third-order valence-electron chi connectivity index (χ3n) is 7.73. The zero-order chi connectivity index (χ0) is 26.8. The van der Waals surface area contributed by atoms with Crippen LogP contribution >= 0.6 is 0 Å². The van der Waals surface area contributed by atoms with E-state index in [1.54, 1.807) is 18.2 Å². The van der Waals surface area contributed by atoms with E-state index in [9.17, 15) is 8.42 Å². The van der Waals surface area contributed by atoms with Gasteiger partial charge >= 0.3 is 0 Å². The van der Waals surface area contributed by atoms with Gasteiger partial charge in [-0.15, -0.1) is 0 Å². The van der Waals surface area contributed by atoms with Gasteiger partial charge in [0.1, 0.15) is 5.82 Å². The van der Waals surface area contributed by atoms with E-state index in [2.05, 4.69) is 48.5 Å². The van der Waals surface area contributed by atoms with Crippen molar-refractivity contribution >= 4 is 31.6 Å². The number of rotatable bonds is 3. The molecule has 1 aromatic heterocycles. The van der Waals surface area contributed by atoms with Crippen molar-refractivity contribution in [2.75, 3.05) is 0 Å². The number of nitrogens with zero attached hydrogens (tertiary/aromatic N) is 2. The van der Waals surface area contributed by atoms with Crippen molar-refractivity contribution in [3.05, 3.63) is 133 Å². The number of fused-ring (bicyclic) bond motifs is 3. The van der Waals surface area contributed by atoms with Gasteiger partial charge in [-0.2, -0.15) is 0 Å². The smallest absolute Gasteiger partial charge is 0.210 e. The fourth-order valence-electron chi connectivity index (χ4n) is 5.78. The van der Waals surface area contributed by atoms with Crippen molar-refractivity contribution < 1.29 is 8.42 Å². The van der Waals surface area contributed by atoms with Gasteiger partial charge in [0.05, 0.1) is 26.5 Å². The first-order valence-corrected chi connectivity index (χ1v) is 14.6. The standard InChI is InChI=1S/C35H22N2O2S/c38-40(39)32-13-7-12-30-34(32)37(35(36-30)24-10-5-2-6-11-24)31-19-18-29(22-33(31)40)28-17-16-26-20-25(14-15-27(26)21-28)23-8-3-1-4-9-23/h1-22H. The number of sulfone groups is 1. The van der Waals surface area contributed by atoms with Crippen LogP contribution in [0, 0.1) is 0 Å². The molecule has 4 nitrogen and oxygen atoms in total. The number of imidazole rings is 1. The van der Waals surface area contributed by atoms with E-state index in [-0.39, 0.29) is 4.90 Å². The molecule has 0 aliphatic carbocycles. The predicted octanol–water partition coefficient (Wildman–Crippen LogP) is 8.33. The van der Waals surface area contributed by atoms with Crippen LogP contribution in [0.1, 0.15) is 0 Å². The van der Waals surface area contributed by atoms with Crippen LogP contribution < -0.4 is 0 Å². The quantitative estimate of drug-likeness (QED) is 0.229. The van der Waals surface area contributed by atoms with Crippen molar-refractivity contribution in [3.8, 4) is 39.3 Å². The highest BCUT2D eigenvalue weighted by Crippen LogP contribution is 2.43. The molecule has 0 fully saturated rings. The molecule has 0 amide bonds. The van der Waals surface area contributed by atoms with Crippen LogP contribution in [0.3, 0.4) is 0 Å². The third-order valence-corrected chi connectivity index (χ3v) is 9.55.